The number of fused-ring (bicyclic) bond motifs is 1. The quantitative estimate of drug-likeness (QED) is 0.890. The predicted octanol–water partition coefficient (Wildman–Crippen LogP) is 2.21. The molecule has 3 rings (SSSR count). The summed E-state index contributed by atoms with van der Waals surface area (Å²) in [6.07, 6.45) is 0. The van der Waals surface area contributed by atoms with E-state index in [2.05, 4.69) is 10.6 Å². The van der Waals surface area contributed by atoms with Crippen molar-refractivity contribution in [3.05, 3.63) is 41.4 Å². The molecule has 21 heavy (non-hydrogen) atoms. The molecule has 0 unspecified atom stereocenters. The second-order valence-corrected chi connectivity index (χ2v) is 5.62. The number of amides is 1. The molecule has 0 radical (unpaired) electrons. The number of halogens is 1. The van der Waals surface area contributed by atoms with E-state index in [-0.39, 0.29) is 12.5 Å². The van der Waals surface area contributed by atoms with Gasteiger partial charge in [0.1, 0.15) is 5.75 Å². The van der Waals surface area contributed by atoms with Crippen LogP contribution in [0.5, 0.6) is 5.75 Å². The van der Waals surface area contributed by atoms with Gasteiger partial charge in [0.05, 0.1) is 0 Å². The Labute approximate surface area is 128 Å². The van der Waals surface area contributed by atoms with E-state index in [9.17, 15) is 4.79 Å². The van der Waals surface area contributed by atoms with Crippen LogP contribution in [0.15, 0.2) is 36.4 Å². The molecule has 0 bridgehead atoms. The molecule has 1 fully saturated rings. The Bertz CT molecular complexity index is 656. The molecule has 1 aliphatic rings. The summed E-state index contributed by atoms with van der Waals surface area (Å²) in [6, 6.07) is 11.3. The Hall–Kier alpha value is -1.78. The highest BCUT2D eigenvalue weighted by Crippen LogP contribution is 2.31. The SMILES string of the molecule is O=C(COc1ccc(Cl)c2ccccc12)NCC1CNC1. The van der Waals surface area contributed by atoms with Crippen LogP contribution in [0.4, 0.5) is 0 Å². The Kier molecular flexibility index (Phi) is 4.27. The maximum atomic E-state index is 11.8. The van der Waals surface area contributed by atoms with Crippen molar-refractivity contribution in [1.82, 2.24) is 10.6 Å². The smallest absolute Gasteiger partial charge is 0.257 e. The molecule has 4 nitrogen and oxygen atoms in total. The van der Waals surface area contributed by atoms with Crippen molar-refractivity contribution >= 4 is 28.3 Å². The molecule has 2 N–H and O–H groups in total. The molecule has 0 spiro atoms. The first-order chi connectivity index (χ1) is 10.2. The summed E-state index contributed by atoms with van der Waals surface area (Å²) in [7, 11) is 0. The molecule has 0 aromatic heterocycles. The molecular weight excluding hydrogens is 288 g/mol. The summed E-state index contributed by atoms with van der Waals surface area (Å²) in [5.41, 5.74) is 0. The van der Waals surface area contributed by atoms with Gasteiger partial charge < -0.3 is 15.4 Å². The fourth-order valence-corrected chi connectivity index (χ4v) is 2.53. The van der Waals surface area contributed by atoms with E-state index < -0.39 is 0 Å². The van der Waals surface area contributed by atoms with Gasteiger partial charge in [-0.1, -0.05) is 35.9 Å². The fraction of sp³-hybridized carbons (Fsp3) is 0.312. The van der Waals surface area contributed by atoms with E-state index >= 15 is 0 Å². The van der Waals surface area contributed by atoms with Gasteiger partial charge in [-0.25, -0.2) is 0 Å². The number of hydrogen-bond acceptors (Lipinski definition) is 3. The van der Waals surface area contributed by atoms with Crippen molar-refractivity contribution in [2.45, 2.75) is 0 Å². The number of rotatable bonds is 5. The second-order valence-electron chi connectivity index (χ2n) is 5.21. The second kappa shape index (κ2) is 6.33. The number of benzene rings is 2. The van der Waals surface area contributed by atoms with Gasteiger partial charge in [-0.3, -0.25) is 4.79 Å². The number of nitrogens with one attached hydrogen (secondary N) is 2. The fourth-order valence-electron chi connectivity index (χ4n) is 2.31. The first-order valence-electron chi connectivity index (χ1n) is 7.01. The molecule has 2 aromatic rings. The lowest BCUT2D eigenvalue weighted by Gasteiger charge is -2.27. The van der Waals surface area contributed by atoms with E-state index in [4.69, 9.17) is 16.3 Å². The zero-order valence-electron chi connectivity index (χ0n) is 11.6. The monoisotopic (exact) mass is 304 g/mol. The van der Waals surface area contributed by atoms with Crippen molar-refractivity contribution in [2.75, 3.05) is 26.2 Å². The Morgan fingerprint density at radius 2 is 2.00 bits per heavy atom. The molecule has 0 atom stereocenters. The third-order valence-corrected chi connectivity index (χ3v) is 3.97. The van der Waals surface area contributed by atoms with Gasteiger partial charge in [0.15, 0.2) is 6.61 Å². The molecule has 0 aliphatic carbocycles. The molecule has 2 aromatic carbocycles. The minimum Gasteiger partial charge on any atom is -0.483 e. The van der Waals surface area contributed by atoms with Crippen LogP contribution in [0.1, 0.15) is 0 Å². The predicted molar refractivity (Wildman–Crippen MR) is 83.8 cm³/mol. The molecule has 0 saturated carbocycles. The summed E-state index contributed by atoms with van der Waals surface area (Å²) in [5.74, 6) is 1.13. The number of hydrogen-bond donors (Lipinski definition) is 2. The van der Waals surface area contributed by atoms with Crippen LogP contribution < -0.4 is 15.4 Å². The van der Waals surface area contributed by atoms with Gasteiger partial charge in [0.25, 0.3) is 5.91 Å². The standard InChI is InChI=1S/C16H17ClN2O2/c17-14-5-6-15(13-4-2-1-3-12(13)14)21-10-16(20)19-9-11-7-18-8-11/h1-6,11,18H,7-10H2,(H,19,20). The first-order valence-corrected chi connectivity index (χ1v) is 7.39. The van der Waals surface area contributed by atoms with Crippen molar-refractivity contribution in [2.24, 2.45) is 5.92 Å². The number of carbonyl (C=O) groups excluding carboxylic acids is 1. The van der Waals surface area contributed by atoms with Crippen molar-refractivity contribution in [1.29, 1.82) is 0 Å². The third-order valence-electron chi connectivity index (χ3n) is 3.64. The van der Waals surface area contributed by atoms with Crippen LogP contribution in [-0.4, -0.2) is 32.1 Å². The molecule has 1 heterocycles. The minimum atomic E-state index is -0.0964. The Balaban J connectivity index is 1.62. The third kappa shape index (κ3) is 3.28. The minimum absolute atomic E-state index is 0.0196. The van der Waals surface area contributed by atoms with E-state index in [1.807, 2.05) is 24.3 Å². The van der Waals surface area contributed by atoms with Gasteiger partial charge in [-0.05, 0) is 12.1 Å². The topological polar surface area (TPSA) is 50.4 Å². The van der Waals surface area contributed by atoms with Crippen molar-refractivity contribution in [3.8, 4) is 5.75 Å². The highest BCUT2D eigenvalue weighted by atomic mass is 35.5. The van der Waals surface area contributed by atoms with Crippen LogP contribution in [-0.2, 0) is 4.79 Å². The summed E-state index contributed by atoms with van der Waals surface area (Å²) < 4.78 is 5.63. The zero-order valence-corrected chi connectivity index (χ0v) is 12.3. The molecule has 1 amide bonds. The summed E-state index contributed by atoms with van der Waals surface area (Å²) in [4.78, 5) is 11.8. The Morgan fingerprint density at radius 3 is 2.71 bits per heavy atom. The maximum absolute atomic E-state index is 11.8. The van der Waals surface area contributed by atoms with Gasteiger partial charge in [-0.15, -0.1) is 0 Å². The molecule has 110 valence electrons. The largest absolute Gasteiger partial charge is 0.483 e. The number of ether oxygens (including phenoxy) is 1. The molecule has 1 aliphatic heterocycles. The Morgan fingerprint density at radius 1 is 1.24 bits per heavy atom. The van der Waals surface area contributed by atoms with E-state index in [0.29, 0.717) is 23.2 Å². The maximum Gasteiger partial charge on any atom is 0.257 e. The van der Waals surface area contributed by atoms with Crippen molar-refractivity contribution in [3.63, 3.8) is 0 Å². The number of carbonyl (C=O) groups is 1. The highest BCUT2D eigenvalue weighted by molar-refractivity contribution is 6.35. The van der Waals surface area contributed by atoms with E-state index in [1.165, 1.54) is 0 Å². The lowest BCUT2D eigenvalue weighted by atomic mass is 10.0. The van der Waals surface area contributed by atoms with Gasteiger partial charge >= 0.3 is 0 Å². The first kappa shape index (κ1) is 14.2. The summed E-state index contributed by atoms with van der Waals surface area (Å²) in [5, 5.41) is 8.58. The molecule has 5 heteroatoms. The van der Waals surface area contributed by atoms with Gasteiger partial charge in [-0.2, -0.15) is 0 Å². The average Bonchev–Trinajstić information content (AvgIpc) is 2.45. The van der Waals surface area contributed by atoms with E-state index in [1.54, 1.807) is 12.1 Å². The van der Waals surface area contributed by atoms with Crippen LogP contribution in [0.25, 0.3) is 10.8 Å². The molecule has 1 saturated heterocycles. The van der Waals surface area contributed by atoms with Crippen LogP contribution >= 0.6 is 11.6 Å². The lowest BCUT2D eigenvalue weighted by Crippen LogP contribution is -2.48. The van der Waals surface area contributed by atoms with Gasteiger partial charge in [0.2, 0.25) is 0 Å². The van der Waals surface area contributed by atoms with E-state index in [0.717, 1.165) is 23.9 Å². The normalized spacial score (nSPS) is 14.7. The highest BCUT2D eigenvalue weighted by Gasteiger charge is 2.17. The van der Waals surface area contributed by atoms with Crippen LogP contribution in [0.3, 0.4) is 0 Å². The summed E-state index contributed by atoms with van der Waals surface area (Å²) in [6.45, 7) is 2.67. The zero-order chi connectivity index (χ0) is 14.7. The van der Waals surface area contributed by atoms with Crippen LogP contribution in [0, 0.1) is 5.92 Å². The van der Waals surface area contributed by atoms with Crippen LogP contribution in [0.2, 0.25) is 5.02 Å². The lowest BCUT2D eigenvalue weighted by molar-refractivity contribution is -0.123. The summed E-state index contributed by atoms with van der Waals surface area (Å²) >= 11 is 6.16. The molecular formula is C16H17ClN2O2. The van der Waals surface area contributed by atoms with Gasteiger partial charge in [0, 0.05) is 41.3 Å². The average molecular weight is 305 g/mol. The van der Waals surface area contributed by atoms with Crippen molar-refractivity contribution < 1.29 is 9.53 Å².